The number of nitrogens with zero attached hydrogens (tertiary/aromatic N) is 1. The van der Waals surface area contributed by atoms with Crippen LogP contribution in [0.4, 0.5) is 17.1 Å². The van der Waals surface area contributed by atoms with Crippen molar-refractivity contribution in [3.05, 3.63) is 28.3 Å². The van der Waals surface area contributed by atoms with Crippen LogP contribution in [0.25, 0.3) is 0 Å². The van der Waals surface area contributed by atoms with Gasteiger partial charge in [-0.15, -0.1) is 0 Å². The lowest BCUT2D eigenvalue weighted by Crippen LogP contribution is -2.24. The Morgan fingerprint density at radius 2 is 2.00 bits per heavy atom. The van der Waals surface area contributed by atoms with Crippen LogP contribution in [0.5, 0.6) is 0 Å². The summed E-state index contributed by atoms with van der Waals surface area (Å²) >= 11 is 0. The first-order valence-corrected chi connectivity index (χ1v) is 7.40. The zero-order chi connectivity index (χ0) is 14.5. The summed E-state index contributed by atoms with van der Waals surface area (Å²) in [5, 5.41) is 13.6. The second-order valence-electron chi connectivity index (χ2n) is 4.02. The van der Waals surface area contributed by atoms with Crippen molar-refractivity contribution in [2.75, 3.05) is 30.4 Å². The zero-order valence-corrected chi connectivity index (χ0v) is 11.2. The molecule has 0 aliphatic heterocycles. The Hall–Kier alpha value is -1.87. The number of benzene rings is 1. The number of nitro groups is 1. The molecule has 0 radical (unpaired) electrons. The van der Waals surface area contributed by atoms with Crippen molar-refractivity contribution in [1.29, 1.82) is 0 Å². The molecule has 1 aromatic carbocycles. The molecular formula is C10H16N4O4S. The second kappa shape index (κ2) is 6.34. The molecule has 1 aromatic rings. The lowest BCUT2D eigenvalue weighted by molar-refractivity contribution is -0.384. The smallest absolute Gasteiger partial charge is 0.273 e. The number of nitrogens with one attached hydrogen (secondary N) is 2. The molecule has 0 aliphatic carbocycles. The van der Waals surface area contributed by atoms with E-state index in [1.54, 1.807) is 6.07 Å². The molecule has 8 nitrogen and oxygen atoms in total. The largest absolute Gasteiger partial charge is 0.398 e. The van der Waals surface area contributed by atoms with Crippen LogP contribution in [0.15, 0.2) is 18.2 Å². The molecule has 0 saturated carbocycles. The molecule has 9 heteroatoms. The van der Waals surface area contributed by atoms with Crippen LogP contribution < -0.4 is 15.8 Å². The predicted molar refractivity (Wildman–Crippen MR) is 73.5 cm³/mol. The Kier molecular flexibility index (Phi) is 5.07. The van der Waals surface area contributed by atoms with Crippen molar-refractivity contribution in [2.45, 2.75) is 6.42 Å². The van der Waals surface area contributed by atoms with Crippen molar-refractivity contribution in [2.24, 2.45) is 0 Å². The first kappa shape index (κ1) is 15.2. The van der Waals surface area contributed by atoms with E-state index in [-0.39, 0.29) is 5.69 Å². The summed E-state index contributed by atoms with van der Waals surface area (Å²) in [6, 6.07) is 4.23. The number of hydrogen-bond donors (Lipinski definition) is 3. The van der Waals surface area contributed by atoms with E-state index >= 15 is 0 Å². The molecule has 0 amide bonds. The van der Waals surface area contributed by atoms with Crippen molar-refractivity contribution in [3.8, 4) is 0 Å². The van der Waals surface area contributed by atoms with Gasteiger partial charge in [-0.1, -0.05) is 0 Å². The minimum Gasteiger partial charge on any atom is -0.398 e. The van der Waals surface area contributed by atoms with E-state index in [9.17, 15) is 18.5 Å². The Balaban J connectivity index is 2.47. The molecular weight excluding hydrogens is 272 g/mol. The highest BCUT2D eigenvalue weighted by Gasteiger charge is 2.08. The van der Waals surface area contributed by atoms with Gasteiger partial charge in [0.15, 0.2) is 0 Å². The Bertz CT molecular complexity index is 559. The van der Waals surface area contributed by atoms with E-state index in [2.05, 4.69) is 10.0 Å². The number of sulfonamides is 1. The lowest BCUT2D eigenvalue weighted by Gasteiger charge is -2.07. The molecule has 0 atom stereocenters. The summed E-state index contributed by atoms with van der Waals surface area (Å²) in [6.45, 7) is 0.777. The number of nitrogen functional groups attached to an aromatic ring is 1. The topological polar surface area (TPSA) is 127 Å². The normalized spacial score (nSPS) is 11.2. The lowest BCUT2D eigenvalue weighted by atomic mass is 10.2. The van der Waals surface area contributed by atoms with E-state index in [0.717, 1.165) is 6.26 Å². The maximum absolute atomic E-state index is 10.8. The fourth-order valence-corrected chi connectivity index (χ4v) is 1.94. The molecule has 0 aromatic heterocycles. The van der Waals surface area contributed by atoms with Crippen LogP contribution in [0.1, 0.15) is 6.42 Å². The molecule has 0 heterocycles. The van der Waals surface area contributed by atoms with Gasteiger partial charge in [-0.05, 0) is 12.5 Å². The Morgan fingerprint density at radius 3 is 2.58 bits per heavy atom. The van der Waals surface area contributed by atoms with Gasteiger partial charge in [-0.2, -0.15) is 0 Å². The Labute approximate surface area is 111 Å². The fraction of sp³-hybridized carbons (Fsp3) is 0.400. The molecule has 0 aliphatic rings. The van der Waals surface area contributed by atoms with Gasteiger partial charge in [0.25, 0.3) is 5.69 Å². The molecule has 4 N–H and O–H groups in total. The third kappa shape index (κ3) is 6.02. The van der Waals surface area contributed by atoms with Gasteiger partial charge in [0.05, 0.1) is 11.2 Å². The maximum Gasteiger partial charge on any atom is 0.273 e. The summed E-state index contributed by atoms with van der Waals surface area (Å²) in [7, 11) is -3.18. The first-order valence-electron chi connectivity index (χ1n) is 5.51. The summed E-state index contributed by atoms with van der Waals surface area (Å²) in [6.07, 6.45) is 1.64. The highest BCUT2D eigenvalue weighted by Crippen LogP contribution is 2.22. The van der Waals surface area contributed by atoms with Crippen molar-refractivity contribution in [1.82, 2.24) is 4.72 Å². The summed E-state index contributed by atoms with van der Waals surface area (Å²) in [5.41, 5.74) is 6.29. The van der Waals surface area contributed by atoms with E-state index in [4.69, 9.17) is 5.73 Å². The molecule has 1 rings (SSSR count). The van der Waals surface area contributed by atoms with Gasteiger partial charge < -0.3 is 11.1 Å². The average Bonchev–Trinajstić information content (AvgIpc) is 2.26. The van der Waals surface area contributed by atoms with Crippen molar-refractivity contribution >= 4 is 27.1 Å². The summed E-state index contributed by atoms with van der Waals surface area (Å²) < 4.78 is 24.0. The molecule has 0 spiro atoms. The molecule has 19 heavy (non-hydrogen) atoms. The van der Waals surface area contributed by atoms with Crippen LogP contribution in [0.3, 0.4) is 0 Å². The number of nitrogens with two attached hydrogens (primary N) is 1. The van der Waals surface area contributed by atoms with Gasteiger partial charge >= 0.3 is 0 Å². The number of anilines is 2. The van der Waals surface area contributed by atoms with Crippen molar-refractivity contribution < 1.29 is 13.3 Å². The average molecular weight is 288 g/mol. The molecule has 106 valence electrons. The summed E-state index contributed by atoms with van der Waals surface area (Å²) in [4.78, 5) is 10.1. The number of hydrogen-bond acceptors (Lipinski definition) is 6. The Morgan fingerprint density at radius 1 is 1.32 bits per heavy atom. The highest BCUT2D eigenvalue weighted by atomic mass is 32.2. The van der Waals surface area contributed by atoms with Crippen molar-refractivity contribution in [3.63, 3.8) is 0 Å². The molecule has 0 bridgehead atoms. The van der Waals surface area contributed by atoms with E-state index in [1.807, 2.05) is 0 Å². The van der Waals surface area contributed by atoms with Gasteiger partial charge in [0, 0.05) is 36.6 Å². The number of rotatable bonds is 7. The molecule has 0 saturated heterocycles. The van der Waals surface area contributed by atoms with E-state index < -0.39 is 14.9 Å². The standard InChI is InChI=1S/C10H16N4O4S/c1-19(17,18)13-4-2-3-12-9-5-8(11)6-10(7-9)14(15)16/h5-7,12-13H,2-4,11H2,1H3. The third-order valence-corrected chi connectivity index (χ3v) is 2.93. The molecule has 0 fully saturated rings. The van der Waals surface area contributed by atoms with Crippen LogP contribution in [-0.4, -0.2) is 32.7 Å². The minimum absolute atomic E-state index is 0.0863. The third-order valence-electron chi connectivity index (χ3n) is 2.20. The van der Waals surface area contributed by atoms with E-state index in [0.29, 0.717) is 30.9 Å². The fourth-order valence-electron chi connectivity index (χ4n) is 1.42. The second-order valence-corrected chi connectivity index (χ2v) is 5.85. The SMILES string of the molecule is CS(=O)(=O)NCCCNc1cc(N)cc([N+](=O)[O-])c1. The monoisotopic (exact) mass is 288 g/mol. The van der Waals surface area contributed by atoms with E-state index in [1.165, 1.54) is 12.1 Å². The highest BCUT2D eigenvalue weighted by molar-refractivity contribution is 7.88. The van der Waals surface area contributed by atoms with Gasteiger partial charge in [0.2, 0.25) is 10.0 Å². The van der Waals surface area contributed by atoms with Gasteiger partial charge in [0.1, 0.15) is 0 Å². The predicted octanol–water partition coefficient (Wildman–Crippen LogP) is 0.528. The number of nitro benzene ring substituents is 1. The quantitative estimate of drug-likeness (QED) is 0.290. The summed E-state index contributed by atoms with van der Waals surface area (Å²) in [5.74, 6) is 0. The number of non-ortho nitro benzene ring substituents is 1. The molecule has 0 unspecified atom stereocenters. The first-order chi connectivity index (χ1) is 8.78. The zero-order valence-electron chi connectivity index (χ0n) is 10.4. The maximum atomic E-state index is 10.8. The van der Waals surface area contributed by atoms with Gasteiger partial charge in [-0.25, -0.2) is 13.1 Å². The minimum atomic E-state index is -3.18. The van der Waals surface area contributed by atoms with Crippen LogP contribution in [-0.2, 0) is 10.0 Å². The van der Waals surface area contributed by atoms with Crippen LogP contribution in [0.2, 0.25) is 0 Å². The van der Waals surface area contributed by atoms with Crippen LogP contribution in [0, 0.1) is 10.1 Å². The van der Waals surface area contributed by atoms with Gasteiger partial charge in [-0.3, -0.25) is 10.1 Å². The van der Waals surface area contributed by atoms with Crippen LogP contribution >= 0.6 is 0 Å².